The maximum absolute atomic E-state index is 5.21. The summed E-state index contributed by atoms with van der Waals surface area (Å²) < 4.78 is 7.21. The minimum absolute atomic E-state index is 0.895. The van der Waals surface area contributed by atoms with Gasteiger partial charge in [0.2, 0.25) is 0 Å². The second-order valence-electron chi connectivity index (χ2n) is 3.17. The molecule has 0 aliphatic heterocycles. The van der Waals surface area contributed by atoms with Crippen molar-refractivity contribution >= 4 is 11.0 Å². The molecule has 0 radical (unpaired) electrons. The minimum atomic E-state index is 0.895. The summed E-state index contributed by atoms with van der Waals surface area (Å²) in [6, 6.07) is 4.05. The lowest BCUT2D eigenvalue weighted by atomic mass is 10.2. The van der Waals surface area contributed by atoms with Gasteiger partial charge in [0.05, 0.1) is 24.5 Å². The fourth-order valence-corrected chi connectivity index (χ4v) is 1.48. The highest BCUT2D eigenvalue weighted by Crippen LogP contribution is 2.23. The zero-order valence-corrected chi connectivity index (χ0v) is 8.03. The molecule has 0 saturated heterocycles. The fraction of sp³-hybridized carbons (Fsp3) is 0.300. The molecule has 68 valence electrons. The number of nitrogens with zero attached hydrogens (tertiary/aromatic N) is 2. The molecule has 0 bridgehead atoms. The van der Waals surface area contributed by atoms with Crippen molar-refractivity contribution in [3.63, 3.8) is 0 Å². The Morgan fingerprint density at radius 2 is 2.15 bits per heavy atom. The molecule has 0 amide bonds. The van der Waals surface area contributed by atoms with Crippen molar-refractivity contribution in [3.05, 3.63) is 24.0 Å². The van der Waals surface area contributed by atoms with Crippen LogP contribution in [0.3, 0.4) is 0 Å². The van der Waals surface area contributed by atoms with Crippen molar-refractivity contribution in [2.24, 2.45) is 7.05 Å². The average Bonchev–Trinajstić information content (AvgIpc) is 2.47. The molecule has 0 aliphatic carbocycles. The largest absolute Gasteiger partial charge is 0.496 e. The van der Waals surface area contributed by atoms with Crippen LogP contribution in [0.15, 0.2) is 18.5 Å². The summed E-state index contributed by atoms with van der Waals surface area (Å²) in [5, 5.41) is 0. The number of ether oxygens (including phenoxy) is 1. The van der Waals surface area contributed by atoms with E-state index in [1.54, 1.807) is 7.11 Å². The van der Waals surface area contributed by atoms with Crippen LogP contribution in [-0.4, -0.2) is 16.7 Å². The topological polar surface area (TPSA) is 27.1 Å². The predicted molar refractivity (Wildman–Crippen MR) is 52.0 cm³/mol. The second kappa shape index (κ2) is 2.76. The van der Waals surface area contributed by atoms with Gasteiger partial charge < -0.3 is 9.30 Å². The van der Waals surface area contributed by atoms with E-state index in [1.165, 1.54) is 0 Å². The third kappa shape index (κ3) is 1.16. The lowest BCUT2D eigenvalue weighted by Crippen LogP contribution is -1.89. The summed E-state index contributed by atoms with van der Waals surface area (Å²) >= 11 is 0. The molecule has 2 rings (SSSR count). The van der Waals surface area contributed by atoms with Crippen LogP contribution in [0, 0.1) is 6.92 Å². The number of aromatic nitrogens is 2. The van der Waals surface area contributed by atoms with Gasteiger partial charge in [-0.3, -0.25) is 0 Å². The first-order chi connectivity index (χ1) is 6.22. The molecule has 0 saturated carbocycles. The molecule has 0 N–H and O–H groups in total. The Morgan fingerprint density at radius 1 is 1.38 bits per heavy atom. The Bertz CT molecular complexity index is 445. The first kappa shape index (κ1) is 8.10. The Kier molecular flexibility index (Phi) is 1.72. The number of methoxy groups -OCH3 is 1. The zero-order valence-electron chi connectivity index (χ0n) is 8.03. The van der Waals surface area contributed by atoms with Crippen LogP contribution >= 0.6 is 0 Å². The zero-order chi connectivity index (χ0) is 9.42. The molecule has 0 atom stereocenters. The van der Waals surface area contributed by atoms with Gasteiger partial charge in [-0.25, -0.2) is 4.98 Å². The van der Waals surface area contributed by atoms with Gasteiger partial charge in [-0.15, -0.1) is 0 Å². The molecule has 0 unspecified atom stereocenters. The number of rotatable bonds is 1. The third-order valence-corrected chi connectivity index (χ3v) is 2.24. The van der Waals surface area contributed by atoms with Crippen LogP contribution in [-0.2, 0) is 7.05 Å². The number of hydrogen-bond donors (Lipinski definition) is 0. The van der Waals surface area contributed by atoms with E-state index in [2.05, 4.69) is 11.1 Å². The Hall–Kier alpha value is -1.51. The molecule has 3 nitrogen and oxygen atoms in total. The minimum Gasteiger partial charge on any atom is -0.496 e. The first-order valence-electron chi connectivity index (χ1n) is 4.18. The SMILES string of the molecule is COc1cc2ncn(C)c2cc1C. The van der Waals surface area contributed by atoms with Gasteiger partial charge in [0.1, 0.15) is 5.75 Å². The predicted octanol–water partition coefficient (Wildman–Crippen LogP) is 1.89. The summed E-state index contributed by atoms with van der Waals surface area (Å²) in [7, 11) is 3.67. The third-order valence-electron chi connectivity index (χ3n) is 2.24. The quantitative estimate of drug-likeness (QED) is 0.663. The number of benzene rings is 1. The Morgan fingerprint density at radius 3 is 2.85 bits per heavy atom. The fourth-order valence-electron chi connectivity index (χ4n) is 1.48. The normalized spacial score (nSPS) is 10.7. The van der Waals surface area contributed by atoms with Gasteiger partial charge in [0, 0.05) is 13.1 Å². The van der Waals surface area contributed by atoms with Crippen molar-refractivity contribution in [1.29, 1.82) is 0 Å². The van der Waals surface area contributed by atoms with Gasteiger partial charge in [0.15, 0.2) is 0 Å². The first-order valence-corrected chi connectivity index (χ1v) is 4.18. The highest BCUT2D eigenvalue weighted by atomic mass is 16.5. The average molecular weight is 176 g/mol. The molecule has 0 spiro atoms. The van der Waals surface area contributed by atoms with E-state index in [0.717, 1.165) is 22.3 Å². The van der Waals surface area contributed by atoms with E-state index < -0.39 is 0 Å². The summed E-state index contributed by atoms with van der Waals surface area (Å²) in [6.07, 6.45) is 1.81. The smallest absolute Gasteiger partial charge is 0.124 e. The summed E-state index contributed by atoms with van der Waals surface area (Å²) in [5.74, 6) is 0.895. The van der Waals surface area contributed by atoms with Crippen LogP contribution < -0.4 is 4.74 Å². The number of aryl methyl sites for hydroxylation is 2. The second-order valence-corrected chi connectivity index (χ2v) is 3.17. The van der Waals surface area contributed by atoms with Crippen molar-refractivity contribution in [2.45, 2.75) is 6.92 Å². The summed E-state index contributed by atoms with van der Waals surface area (Å²) in [5.41, 5.74) is 3.25. The van der Waals surface area contributed by atoms with Gasteiger partial charge in [-0.2, -0.15) is 0 Å². The van der Waals surface area contributed by atoms with E-state index in [0.29, 0.717) is 0 Å². The van der Waals surface area contributed by atoms with E-state index in [-0.39, 0.29) is 0 Å². The monoisotopic (exact) mass is 176 g/mol. The van der Waals surface area contributed by atoms with E-state index in [9.17, 15) is 0 Å². The van der Waals surface area contributed by atoms with E-state index >= 15 is 0 Å². The Labute approximate surface area is 77.0 Å². The number of hydrogen-bond acceptors (Lipinski definition) is 2. The molecule has 0 aliphatic rings. The molecule has 2 aromatic rings. The maximum atomic E-state index is 5.21. The molecular formula is C10H12N2O. The number of imidazole rings is 1. The lowest BCUT2D eigenvalue weighted by Gasteiger charge is -2.04. The maximum Gasteiger partial charge on any atom is 0.124 e. The van der Waals surface area contributed by atoms with Gasteiger partial charge in [-0.1, -0.05) is 0 Å². The van der Waals surface area contributed by atoms with Crippen LogP contribution in [0.1, 0.15) is 5.56 Å². The molecular weight excluding hydrogens is 164 g/mol. The highest BCUT2D eigenvalue weighted by Gasteiger charge is 2.04. The van der Waals surface area contributed by atoms with E-state index in [4.69, 9.17) is 4.74 Å². The molecule has 13 heavy (non-hydrogen) atoms. The van der Waals surface area contributed by atoms with Gasteiger partial charge in [-0.05, 0) is 18.6 Å². The highest BCUT2D eigenvalue weighted by molar-refractivity contribution is 5.78. The van der Waals surface area contributed by atoms with Crippen molar-refractivity contribution in [1.82, 2.24) is 9.55 Å². The molecule has 3 heteroatoms. The Balaban J connectivity index is 2.76. The van der Waals surface area contributed by atoms with Crippen molar-refractivity contribution in [3.8, 4) is 5.75 Å². The van der Waals surface area contributed by atoms with Crippen molar-refractivity contribution in [2.75, 3.05) is 7.11 Å². The molecule has 0 fully saturated rings. The van der Waals surface area contributed by atoms with E-state index in [1.807, 2.05) is 30.9 Å². The van der Waals surface area contributed by atoms with Crippen LogP contribution in [0.5, 0.6) is 5.75 Å². The lowest BCUT2D eigenvalue weighted by molar-refractivity contribution is 0.412. The van der Waals surface area contributed by atoms with Gasteiger partial charge >= 0.3 is 0 Å². The standard InChI is InChI=1S/C10H12N2O/c1-7-4-9-8(5-10(7)13-3)11-6-12(9)2/h4-6H,1-3H3. The van der Waals surface area contributed by atoms with Crippen LogP contribution in [0.2, 0.25) is 0 Å². The molecule has 1 aromatic carbocycles. The van der Waals surface area contributed by atoms with Crippen LogP contribution in [0.25, 0.3) is 11.0 Å². The summed E-state index contributed by atoms with van der Waals surface area (Å²) in [4.78, 5) is 4.25. The van der Waals surface area contributed by atoms with Crippen molar-refractivity contribution < 1.29 is 4.74 Å². The number of fused-ring (bicyclic) bond motifs is 1. The molecule has 1 aromatic heterocycles. The van der Waals surface area contributed by atoms with Crippen LogP contribution in [0.4, 0.5) is 0 Å². The summed E-state index contributed by atoms with van der Waals surface area (Å²) in [6.45, 7) is 2.03. The molecule has 1 heterocycles. The van der Waals surface area contributed by atoms with Gasteiger partial charge in [0.25, 0.3) is 0 Å².